The molecule has 4 nitrogen and oxygen atoms in total. The van der Waals surface area contributed by atoms with Gasteiger partial charge in [-0.25, -0.2) is 4.79 Å². The number of rotatable bonds is 4. The molecule has 5 heteroatoms. The minimum atomic E-state index is -0.386. The van der Waals surface area contributed by atoms with Crippen LogP contribution in [-0.4, -0.2) is 24.5 Å². The first kappa shape index (κ1) is 13.3. The second kappa shape index (κ2) is 5.69. The largest absolute Gasteiger partial charge is 0.462 e. The van der Waals surface area contributed by atoms with Crippen molar-refractivity contribution in [2.75, 3.05) is 6.61 Å². The van der Waals surface area contributed by atoms with Crippen LogP contribution in [0.2, 0.25) is 0 Å². The van der Waals surface area contributed by atoms with Gasteiger partial charge in [-0.05, 0) is 54.5 Å². The van der Waals surface area contributed by atoms with Crippen molar-refractivity contribution < 1.29 is 14.3 Å². The monoisotopic (exact) mass is 359 g/mol. The second-order valence-corrected chi connectivity index (χ2v) is 5.21. The van der Waals surface area contributed by atoms with Crippen LogP contribution in [0.5, 0.6) is 0 Å². The molecule has 1 aliphatic carbocycles. The summed E-state index contributed by atoms with van der Waals surface area (Å²) in [6.07, 6.45) is 2.08. The van der Waals surface area contributed by atoms with E-state index in [0.29, 0.717) is 27.3 Å². The van der Waals surface area contributed by atoms with Crippen molar-refractivity contribution >= 4 is 34.5 Å². The Morgan fingerprint density at radius 3 is 2.67 bits per heavy atom. The fourth-order valence-electron chi connectivity index (χ4n) is 1.56. The van der Waals surface area contributed by atoms with Gasteiger partial charge in [-0.2, -0.15) is 0 Å². The van der Waals surface area contributed by atoms with E-state index in [-0.39, 0.29) is 11.9 Å². The fraction of sp³-hybridized carbons (Fsp3) is 0.385. The molecule has 1 aliphatic rings. The first-order chi connectivity index (χ1) is 8.63. The summed E-state index contributed by atoms with van der Waals surface area (Å²) in [6, 6.07) is 5.41. The van der Waals surface area contributed by atoms with E-state index >= 15 is 0 Å². The zero-order valence-electron chi connectivity index (χ0n) is 10.0. The van der Waals surface area contributed by atoms with Crippen molar-refractivity contribution in [2.45, 2.75) is 25.8 Å². The third-order valence-corrected chi connectivity index (χ3v) is 3.81. The molecule has 1 saturated carbocycles. The van der Waals surface area contributed by atoms with Crippen LogP contribution in [0.3, 0.4) is 0 Å². The van der Waals surface area contributed by atoms with Crippen LogP contribution in [0.25, 0.3) is 0 Å². The predicted octanol–water partition coefficient (Wildman–Crippen LogP) is 2.36. The Labute approximate surface area is 119 Å². The molecule has 1 aromatic rings. The van der Waals surface area contributed by atoms with Gasteiger partial charge < -0.3 is 10.1 Å². The van der Waals surface area contributed by atoms with Crippen molar-refractivity contribution in [1.82, 2.24) is 5.32 Å². The second-order valence-electron chi connectivity index (χ2n) is 4.14. The van der Waals surface area contributed by atoms with E-state index in [2.05, 4.69) is 5.32 Å². The summed E-state index contributed by atoms with van der Waals surface area (Å²) < 4.78 is 5.61. The molecule has 0 unspecified atom stereocenters. The molecule has 1 fully saturated rings. The van der Waals surface area contributed by atoms with E-state index in [0.717, 1.165) is 12.8 Å². The Balaban J connectivity index is 2.22. The molecule has 0 heterocycles. The summed E-state index contributed by atoms with van der Waals surface area (Å²) in [6.45, 7) is 2.09. The number of carbonyl (C=O) groups is 2. The van der Waals surface area contributed by atoms with E-state index in [1.807, 2.05) is 22.6 Å². The van der Waals surface area contributed by atoms with Gasteiger partial charge in [0.25, 0.3) is 5.91 Å². The van der Waals surface area contributed by atoms with Gasteiger partial charge in [-0.15, -0.1) is 0 Å². The molecule has 0 atom stereocenters. The van der Waals surface area contributed by atoms with Crippen LogP contribution in [-0.2, 0) is 4.74 Å². The molecule has 0 aliphatic heterocycles. The van der Waals surface area contributed by atoms with Gasteiger partial charge in [0, 0.05) is 9.61 Å². The number of nitrogens with one attached hydrogen (secondary N) is 1. The molecule has 1 amide bonds. The molecule has 2 rings (SSSR count). The van der Waals surface area contributed by atoms with Crippen molar-refractivity contribution in [1.29, 1.82) is 0 Å². The number of benzene rings is 1. The Hall–Kier alpha value is -1.11. The van der Waals surface area contributed by atoms with Crippen LogP contribution in [0.15, 0.2) is 18.2 Å². The molecule has 96 valence electrons. The first-order valence-electron chi connectivity index (χ1n) is 5.90. The van der Waals surface area contributed by atoms with Gasteiger partial charge in [-0.3, -0.25) is 4.79 Å². The quantitative estimate of drug-likeness (QED) is 0.663. The Kier molecular flexibility index (Phi) is 4.21. The number of carbonyl (C=O) groups excluding carboxylic acids is 2. The van der Waals surface area contributed by atoms with E-state index in [1.54, 1.807) is 25.1 Å². The molecule has 0 spiro atoms. The summed E-state index contributed by atoms with van der Waals surface area (Å²) in [5.74, 6) is -0.504. The molecule has 0 aromatic heterocycles. The summed E-state index contributed by atoms with van der Waals surface area (Å²) in [4.78, 5) is 23.7. The lowest BCUT2D eigenvalue weighted by Gasteiger charge is -2.09. The van der Waals surface area contributed by atoms with Crippen LogP contribution in [0.4, 0.5) is 0 Å². The lowest BCUT2D eigenvalue weighted by Crippen LogP contribution is -2.26. The zero-order valence-corrected chi connectivity index (χ0v) is 12.2. The smallest absolute Gasteiger partial charge is 0.339 e. The van der Waals surface area contributed by atoms with E-state index < -0.39 is 0 Å². The SMILES string of the molecule is CCOC(=O)c1cccc(C(=O)NC2CC2)c1I. The van der Waals surface area contributed by atoms with Gasteiger partial charge in [0.15, 0.2) is 0 Å². The highest BCUT2D eigenvalue weighted by Gasteiger charge is 2.25. The van der Waals surface area contributed by atoms with E-state index in [9.17, 15) is 9.59 Å². The van der Waals surface area contributed by atoms with Gasteiger partial charge >= 0.3 is 5.97 Å². The molecular formula is C13H14INO3. The van der Waals surface area contributed by atoms with Crippen molar-refractivity contribution in [3.05, 3.63) is 32.9 Å². The number of amides is 1. The minimum absolute atomic E-state index is 0.118. The molecule has 0 saturated heterocycles. The van der Waals surface area contributed by atoms with Crippen LogP contribution >= 0.6 is 22.6 Å². The van der Waals surface area contributed by atoms with Gasteiger partial charge in [-0.1, -0.05) is 6.07 Å². The Morgan fingerprint density at radius 2 is 2.06 bits per heavy atom. The third-order valence-electron chi connectivity index (χ3n) is 2.65. The summed E-state index contributed by atoms with van der Waals surface area (Å²) >= 11 is 2.02. The molecule has 0 bridgehead atoms. The molecular weight excluding hydrogens is 345 g/mol. The van der Waals surface area contributed by atoms with Gasteiger partial charge in [0.1, 0.15) is 0 Å². The standard InChI is InChI=1S/C13H14INO3/c1-2-18-13(17)10-5-3-4-9(11(10)14)12(16)15-8-6-7-8/h3-5,8H,2,6-7H2,1H3,(H,15,16). The lowest BCUT2D eigenvalue weighted by molar-refractivity contribution is 0.0525. The Bertz CT molecular complexity index is 483. The third kappa shape index (κ3) is 3.01. The Morgan fingerprint density at radius 1 is 1.39 bits per heavy atom. The average molecular weight is 359 g/mol. The maximum Gasteiger partial charge on any atom is 0.339 e. The topological polar surface area (TPSA) is 55.4 Å². The van der Waals surface area contributed by atoms with Crippen LogP contribution < -0.4 is 5.32 Å². The summed E-state index contributed by atoms with van der Waals surface area (Å²) in [5.41, 5.74) is 0.981. The lowest BCUT2D eigenvalue weighted by atomic mass is 10.1. The van der Waals surface area contributed by atoms with Gasteiger partial charge in [0.2, 0.25) is 0 Å². The van der Waals surface area contributed by atoms with Gasteiger partial charge in [0.05, 0.1) is 17.7 Å². The fourth-order valence-corrected chi connectivity index (χ4v) is 2.39. The zero-order chi connectivity index (χ0) is 13.1. The number of ether oxygens (including phenoxy) is 1. The van der Waals surface area contributed by atoms with Crippen molar-refractivity contribution in [3.8, 4) is 0 Å². The summed E-state index contributed by atoms with van der Waals surface area (Å²) in [5, 5.41) is 2.91. The highest BCUT2D eigenvalue weighted by atomic mass is 127. The average Bonchev–Trinajstić information content (AvgIpc) is 3.13. The molecule has 18 heavy (non-hydrogen) atoms. The predicted molar refractivity (Wildman–Crippen MR) is 75.6 cm³/mol. The highest BCUT2D eigenvalue weighted by molar-refractivity contribution is 14.1. The highest BCUT2D eigenvalue weighted by Crippen LogP contribution is 2.22. The number of halogens is 1. The number of esters is 1. The summed E-state index contributed by atoms with van der Waals surface area (Å²) in [7, 11) is 0. The molecule has 1 N–H and O–H groups in total. The van der Waals surface area contributed by atoms with E-state index in [1.165, 1.54) is 0 Å². The minimum Gasteiger partial charge on any atom is -0.462 e. The number of hydrogen-bond donors (Lipinski definition) is 1. The van der Waals surface area contributed by atoms with E-state index in [4.69, 9.17) is 4.74 Å². The normalized spacial score (nSPS) is 14.1. The maximum absolute atomic E-state index is 12.0. The van der Waals surface area contributed by atoms with Crippen molar-refractivity contribution in [2.24, 2.45) is 0 Å². The first-order valence-corrected chi connectivity index (χ1v) is 6.98. The van der Waals surface area contributed by atoms with Crippen LogP contribution in [0, 0.1) is 3.57 Å². The van der Waals surface area contributed by atoms with Crippen molar-refractivity contribution in [3.63, 3.8) is 0 Å². The molecule has 1 aromatic carbocycles. The molecule has 0 radical (unpaired) electrons. The maximum atomic E-state index is 12.0. The van der Waals surface area contributed by atoms with Crippen LogP contribution in [0.1, 0.15) is 40.5 Å². The number of hydrogen-bond acceptors (Lipinski definition) is 3.